The van der Waals surface area contributed by atoms with Crippen LogP contribution in [0.15, 0.2) is 18.3 Å². The fourth-order valence-corrected chi connectivity index (χ4v) is 2.48. The normalized spacial score (nSPS) is 21.0. The number of hydrogen-bond donors (Lipinski definition) is 0. The minimum Gasteiger partial charge on any atom is -0.469 e. The van der Waals surface area contributed by atoms with Crippen molar-refractivity contribution in [1.82, 2.24) is 4.98 Å². The Morgan fingerprint density at radius 1 is 1.62 bits per heavy atom. The Labute approximate surface area is 95.8 Å². The van der Waals surface area contributed by atoms with E-state index in [1.165, 1.54) is 12.7 Å². The van der Waals surface area contributed by atoms with E-state index in [1.807, 2.05) is 13.0 Å². The van der Waals surface area contributed by atoms with Crippen LogP contribution in [0.25, 0.3) is 0 Å². The third kappa shape index (κ3) is 1.94. The summed E-state index contributed by atoms with van der Waals surface area (Å²) < 4.78 is 4.81. The largest absolute Gasteiger partial charge is 0.469 e. The molecule has 1 aromatic rings. The Morgan fingerprint density at radius 2 is 2.44 bits per heavy atom. The van der Waals surface area contributed by atoms with Crippen molar-refractivity contribution >= 4 is 5.97 Å². The number of aryl methyl sites for hydroxylation is 1. The van der Waals surface area contributed by atoms with Gasteiger partial charge in [-0.2, -0.15) is 0 Å². The molecule has 1 aliphatic rings. The van der Waals surface area contributed by atoms with Gasteiger partial charge in [0.2, 0.25) is 0 Å². The number of methoxy groups -OCH3 is 1. The SMILES string of the molecule is COC(=O)C(C)C1CCCc2cccnc21. The number of esters is 1. The molecule has 0 spiro atoms. The second-order valence-electron chi connectivity index (χ2n) is 4.36. The summed E-state index contributed by atoms with van der Waals surface area (Å²) in [4.78, 5) is 16.0. The van der Waals surface area contributed by atoms with Gasteiger partial charge >= 0.3 is 5.97 Å². The Hall–Kier alpha value is -1.38. The number of pyridine rings is 1. The highest BCUT2D eigenvalue weighted by atomic mass is 16.5. The Kier molecular flexibility index (Phi) is 3.22. The smallest absolute Gasteiger partial charge is 0.309 e. The minimum absolute atomic E-state index is 0.0982. The van der Waals surface area contributed by atoms with Crippen LogP contribution < -0.4 is 0 Å². The average molecular weight is 219 g/mol. The lowest BCUT2D eigenvalue weighted by atomic mass is 9.79. The number of nitrogens with zero attached hydrogens (tertiary/aromatic N) is 1. The summed E-state index contributed by atoms with van der Waals surface area (Å²) in [7, 11) is 1.45. The van der Waals surface area contributed by atoms with Crippen LogP contribution in [0, 0.1) is 5.92 Å². The predicted octanol–water partition coefficient (Wildman–Crippen LogP) is 2.31. The first-order valence-corrected chi connectivity index (χ1v) is 5.75. The topological polar surface area (TPSA) is 39.2 Å². The van der Waals surface area contributed by atoms with Gasteiger partial charge in [0, 0.05) is 17.8 Å². The first kappa shape index (κ1) is 11.1. The van der Waals surface area contributed by atoms with Gasteiger partial charge in [0.05, 0.1) is 13.0 Å². The predicted molar refractivity (Wildman–Crippen MR) is 61.1 cm³/mol. The van der Waals surface area contributed by atoms with E-state index in [-0.39, 0.29) is 17.8 Å². The van der Waals surface area contributed by atoms with Gasteiger partial charge in [0.15, 0.2) is 0 Å². The molecule has 0 aliphatic heterocycles. The van der Waals surface area contributed by atoms with Crippen LogP contribution in [-0.4, -0.2) is 18.1 Å². The van der Waals surface area contributed by atoms with Gasteiger partial charge in [-0.3, -0.25) is 9.78 Å². The monoisotopic (exact) mass is 219 g/mol. The molecule has 1 aliphatic carbocycles. The van der Waals surface area contributed by atoms with Gasteiger partial charge in [-0.15, -0.1) is 0 Å². The molecule has 0 aromatic carbocycles. The molecule has 0 bridgehead atoms. The van der Waals surface area contributed by atoms with Gasteiger partial charge in [0.25, 0.3) is 0 Å². The number of carbonyl (C=O) groups is 1. The van der Waals surface area contributed by atoms with Gasteiger partial charge in [-0.1, -0.05) is 13.0 Å². The molecule has 0 radical (unpaired) electrons. The van der Waals surface area contributed by atoms with E-state index >= 15 is 0 Å². The van der Waals surface area contributed by atoms with Gasteiger partial charge in [-0.25, -0.2) is 0 Å². The second-order valence-corrected chi connectivity index (χ2v) is 4.36. The number of hydrogen-bond acceptors (Lipinski definition) is 3. The fourth-order valence-electron chi connectivity index (χ4n) is 2.48. The summed E-state index contributed by atoms with van der Waals surface area (Å²) in [5.41, 5.74) is 2.38. The maximum absolute atomic E-state index is 11.6. The summed E-state index contributed by atoms with van der Waals surface area (Å²) in [6, 6.07) is 4.07. The summed E-state index contributed by atoms with van der Waals surface area (Å²) in [6.45, 7) is 1.93. The van der Waals surface area contributed by atoms with Crippen molar-refractivity contribution < 1.29 is 9.53 Å². The van der Waals surface area contributed by atoms with Crippen molar-refractivity contribution in [1.29, 1.82) is 0 Å². The molecular formula is C13H17NO2. The van der Waals surface area contributed by atoms with E-state index < -0.39 is 0 Å². The molecule has 0 saturated heterocycles. The van der Waals surface area contributed by atoms with Crippen LogP contribution in [-0.2, 0) is 16.0 Å². The zero-order valence-electron chi connectivity index (χ0n) is 9.77. The molecule has 2 rings (SSSR count). The average Bonchev–Trinajstić information content (AvgIpc) is 2.36. The second kappa shape index (κ2) is 4.64. The fraction of sp³-hybridized carbons (Fsp3) is 0.538. The van der Waals surface area contributed by atoms with E-state index in [9.17, 15) is 4.79 Å². The van der Waals surface area contributed by atoms with Crippen molar-refractivity contribution in [3.05, 3.63) is 29.6 Å². The summed E-state index contributed by atoms with van der Waals surface area (Å²) in [6.07, 6.45) is 5.04. The molecule has 16 heavy (non-hydrogen) atoms. The van der Waals surface area contributed by atoms with Crippen molar-refractivity contribution in [3.8, 4) is 0 Å². The quantitative estimate of drug-likeness (QED) is 0.716. The maximum atomic E-state index is 11.6. The van der Waals surface area contributed by atoms with Gasteiger partial charge in [-0.05, 0) is 30.9 Å². The molecule has 0 amide bonds. The lowest BCUT2D eigenvalue weighted by Crippen LogP contribution is -2.25. The molecule has 2 atom stereocenters. The number of rotatable bonds is 2. The molecule has 3 heteroatoms. The molecule has 0 saturated carbocycles. The number of ether oxygens (including phenoxy) is 1. The molecular weight excluding hydrogens is 202 g/mol. The molecule has 3 nitrogen and oxygen atoms in total. The zero-order valence-corrected chi connectivity index (χ0v) is 9.77. The minimum atomic E-state index is -0.136. The molecule has 0 fully saturated rings. The lowest BCUT2D eigenvalue weighted by molar-refractivity contribution is -0.145. The molecule has 2 unspecified atom stereocenters. The highest BCUT2D eigenvalue weighted by molar-refractivity contribution is 5.73. The third-order valence-electron chi connectivity index (χ3n) is 3.42. The van der Waals surface area contributed by atoms with Crippen LogP contribution in [0.3, 0.4) is 0 Å². The van der Waals surface area contributed by atoms with Gasteiger partial charge < -0.3 is 4.74 Å². The van der Waals surface area contributed by atoms with Crippen LogP contribution in [0.5, 0.6) is 0 Å². The first-order chi connectivity index (χ1) is 7.74. The molecule has 0 N–H and O–H groups in total. The third-order valence-corrected chi connectivity index (χ3v) is 3.42. The summed E-state index contributed by atoms with van der Waals surface area (Å²) in [5.74, 6) is -0.0140. The summed E-state index contributed by atoms with van der Waals surface area (Å²) >= 11 is 0. The Morgan fingerprint density at radius 3 is 3.19 bits per heavy atom. The highest BCUT2D eigenvalue weighted by Gasteiger charge is 2.30. The number of fused-ring (bicyclic) bond motifs is 1. The standard InChI is InChI=1S/C13H17NO2/c1-9(13(15)16-2)11-7-3-5-10-6-4-8-14-12(10)11/h4,6,8-9,11H,3,5,7H2,1-2H3. The molecule has 86 valence electrons. The van der Waals surface area contributed by atoms with Gasteiger partial charge in [0.1, 0.15) is 0 Å². The van der Waals surface area contributed by atoms with Crippen molar-refractivity contribution in [2.75, 3.05) is 7.11 Å². The van der Waals surface area contributed by atoms with Crippen LogP contribution in [0.4, 0.5) is 0 Å². The molecule has 1 heterocycles. The maximum Gasteiger partial charge on any atom is 0.309 e. The van der Waals surface area contributed by atoms with Crippen LogP contribution in [0.1, 0.15) is 36.9 Å². The van der Waals surface area contributed by atoms with Crippen molar-refractivity contribution in [2.24, 2.45) is 5.92 Å². The lowest BCUT2D eigenvalue weighted by Gasteiger charge is -2.27. The van der Waals surface area contributed by atoms with E-state index in [0.29, 0.717) is 0 Å². The van der Waals surface area contributed by atoms with E-state index in [0.717, 1.165) is 25.0 Å². The molecule has 1 aromatic heterocycles. The number of carbonyl (C=O) groups excluding carboxylic acids is 1. The highest BCUT2D eigenvalue weighted by Crippen LogP contribution is 2.35. The van der Waals surface area contributed by atoms with E-state index in [4.69, 9.17) is 4.74 Å². The van der Waals surface area contributed by atoms with Crippen LogP contribution in [0.2, 0.25) is 0 Å². The summed E-state index contributed by atoms with van der Waals surface area (Å²) in [5, 5.41) is 0. The zero-order chi connectivity index (χ0) is 11.5. The van der Waals surface area contributed by atoms with E-state index in [2.05, 4.69) is 11.1 Å². The van der Waals surface area contributed by atoms with Crippen molar-refractivity contribution in [2.45, 2.75) is 32.1 Å². The Balaban J connectivity index is 2.28. The van der Waals surface area contributed by atoms with Crippen molar-refractivity contribution in [3.63, 3.8) is 0 Å². The van der Waals surface area contributed by atoms with E-state index in [1.54, 1.807) is 6.20 Å². The Bertz CT molecular complexity index is 389. The number of aromatic nitrogens is 1. The first-order valence-electron chi connectivity index (χ1n) is 5.75. The van der Waals surface area contributed by atoms with Crippen LogP contribution >= 0.6 is 0 Å².